The van der Waals surface area contributed by atoms with Gasteiger partial charge in [0, 0.05) is 25.3 Å². The van der Waals surface area contributed by atoms with Crippen LogP contribution in [0.5, 0.6) is 0 Å². The first-order chi connectivity index (χ1) is 13.0. The Morgan fingerprint density at radius 3 is 2.63 bits per heavy atom. The molecule has 0 saturated carbocycles. The number of aliphatic hydroxyl groups is 1. The summed E-state index contributed by atoms with van der Waals surface area (Å²) in [6.45, 7) is 4.33. The monoisotopic (exact) mass is 407 g/mol. The smallest absolute Gasteiger partial charge is 0.153 e. The van der Waals surface area contributed by atoms with E-state index in [4.69, 9.17) is 37.9 Å². The van der Waals surface area contributed by atoms with Gasteiger partial charge in [-0.2, -0.15) is 0 Å². The summed E-state index contributed by atoms with van der Waals surface area (Å²) in [4.78, 5) is 11.7. The van der Waals surface area contributed by atoms with Gasteiger partial charge in [0.05, 0.1) is 33.6 Å². The van der Waals surface area contributed by atoms with E-state index in [0.29, 0.717) is 21.4 Å². The van der Waals surface area contributed by atoms with E-state index < -0.39 is 0 Å². The van der Waals surface area contributed by atoms with Crippen molar-refractivity contribution in [3.8, 4) is 11.3 Å². The molecule has 1 aromatic heterocycles. The molecular weight excluding hydrogens is 385 g/mol. The summed E-state index contributed by atoms with van der Waals surface area (Å²) in [6, 6.07) is 5.45. The first-order valence-electron chi connectivity index (χ1n) is 9.35. The molecule has 27 heavy (non-hydrogen) atoms. The average Bonchev–Trinajstić information content (AvgIpc) is 3.13. The van der Waals surface area contributed by atoms with Crippen molar-refractivity contribution in [3.63, 3.8) is 0 Å². The van der Waals surface area contributed by atoms with E-state index in [9.17, 15) is 5.11 Å². The van der Waals surface area contributed by atoms with Gasteiger partial charge in [0.1, 0.15) is 5.69 Å². The second-order valence-electron chi connectivity index (χ2n) is 7.31. The molecule has 0 amide bonds. The number of piperidine rings is 1. The van der Waals surface area contributed by atoms with Crippen LogP contribution < -0.4 is 4.90 Å². The maximum absolute atomic E-state index is 9.93. The molecule has 2 aliphatic rings. The number of aryl methyl sites for hydroxylation is 1. The first-order valence-corrected chi connectivity index (χ1v) is 10.1. The Bertz CT molecular complexity index is 843. The molecule has 7 heteroatoms. The Labute approximate surface area is 169 Å². The van der Waals surface area contributed by atoms with Gasteiger partial charge in [-0.05, 0) is 38.7 Å². The number of halogens is 2. The third-order valence-corrected chi connectivity index (χ3v) is 6.46. The number of aliphatic hydroxyl groups excluding tert-OH is 1. The molecule has 5 nitrogen and oxygen atoms in total. The fourth-order valence-electron chi connectivity index (χ4n) is 4.12. The van der Waals surface area contributed by atoms with Crippen LogP contribution in [0.4, 0.5) is 5.82 Å². The number of hydrogen-bond donors (Lipinski definition) is 1. The summed E-state index contributed by atoms with van der Waals surface area (Å²) < 4.78 is 6.01. The highest BCUT2D eigenvalue weighted by atomic mass is 35.5. The van der Waals surface area contributed by atoms with Gasteiger partial charge < -0.3 is 14.7 Å². The Balaban J connectivity index is 1.65. The number of benzene rings is 1. The van der Waals surface area contributed by atoms with Crippen molar-refractivity contribution in [1.82, 2.24) is 9.97 Å². The predicted molar refractivity (Wildman–Crippen MR) is 108 cm³/mol. The Morgan fingerprint density at radius 1 is 1.19 bits per heavy atom. The number of ether oxygens (including phenoxy) is 1. The fraction of sp³-hybridized carbons (Fsp3) is 0.500. The van der Waals surface area contributed by atoms with Gasteiger partial charge in [0.25, 0.3) is 0 Å². The van der Waals surface area contributed by atoms with Crippen molar-refractivity contribution in [1.29, 1.82) is 0 Å². The fourth-order valence-corrected chi connectivity index (χ4v) is 4.51. The summed E-state index contributed by atoms with van der Waals surface area (Å²) >= 11 is 12.5. The third kappa shape index (κ3) is 3.54. The van der Waals surface area contributed by atoms with Crippen LogP contribution >= 0.6 is 23.2 Å². The van der Waals surface area contributed by atoms with Crippen molar-refractivity contribution in [2.45, 2.75) is 44.8 Å². The molecule has 1 aromatic carbocycles. The van der Waals surface area contributed by atoms with E-state index in [1.54, 1.807) is 6.07 Å². The number of anilines is 1. The number of rotatable bonds is 3. The highest BCUT2D eigenvalue weighted by Crippen LogP contribution is 2.38. The van der Waals surface area contributed by atoms with Crippen LogP contribution in [0, 0.1) is 6.92 Å². The molecule has 2 fully saturated rings. The van der Waals surface area contributed by atoms with Gasteiger partial charge in [-0.3, -0.25) is 0 Å². The summed E-state index contributed by atoms with van der Waals surface area (Å²) in [5, 5.41) is 10.9. The molecule has 3 heterocycles. The minimum Gasteiger partial charge on any atom is -0.390 e. The first kappa shape index (κ1) is 18.9. The Kier molecular flexibility index (Phi) is 5.30. The van der Waals surface area contributed by atoms with Gasteiger partial charge in [-0.15, -0.1) is 0 Å². The van der Waals surface area contributed by atoms with Crippen LogP contribution in [0.25, 0.3) is 11.3 Å². The van der Waals surface area contributed by atoms with Crippen LogP contribution in [0.3, 0.4) is 0 Å². The number of nitrogens with zero attached hydrogens (tertiary/aromatic N) is 3. The van der Waals surface area contributed by atoms with Gasteiger partial charge in [-0.25, -0.2) is 9.97 Å². The molecule has 144 valence electrons. The van der Waals surface area contributed by atoms with Crippen molar-refractivity contribution in [3.05, 3.63) is 39.6 Å². The minimum atomic E-state index is -0.175. The molecule has 0 bridgehead atoms. The molecule has 2 aromatic rings. The molecule has 1 spiro atoms. The molecule has 0 radical (unpaired) electrons. The predicted octanol–water partition coefficient (Wildman–Crippen LogP) is 4.40. The maximum atomic E-state index is 9.93. The van der Waals surface area contributed by atoms with Crippen LogP contribution in [0.15, 0.2) is 18.2 Å². The molecule has 0 unspecified atom stereocenters. The standard InChI is InChI=1S/C20H23Cl2N3O2/c1-13-18(14-4-2-5-15(21)17(14)22)24-16(12-26)19(23-13)25-9-7-20(8-10-25)6-3-11-27-20/h2,4-5,26H,3,6-12H2,1H3. The third-order valence-electron chi connectivity index (χ3n) is 5.64. The zero-order valence-electron chi connectivity index (χ0n) is 15.3. The van der Waals surface area contributed by atoms with Crippen molar-refractivity contribution in [2.75, 3.05) is 24.6 Å². The SMILES string of the molecule is Cc1nc(N2CCC3(CCCO3)CC2)c(CO)nc1-c1cccc(Cl)c1Cl. The van der Waals surface area contributed by atoms with E-state index in [1.165, 1.54) is 0 Å². The number of hydrogen-bond acceptors (Lipinski definition) is 5. The molecule has 4 rings (SSSR count). The topological polar surface area (TPSA) is 58.5 Å². The van der Waals surface area contributed by atoms with Crippen molar-refractivity contribution < 1.29 is 9.84 Å². The molecule has 2 saturated heterocycles. The summed E-state index contributed by atoms with van der Waals surface area (Å²) in [5.41, 5.74) is 2.76. The van der Waals surface area contributed by atoms with Gasteiger partial charge in [-0.1, -0.05) is 35.3 Å². The lowest BCUT2D eigenvalue weighted by atomic mass is 9.88. The highest BCUT2D eigenvalue weighted by Gasteiger charge is 2.39. The maximum Gasteiger partial charge on any atom is 0.153 e. The molecule has 1 N–H and O–H groups in total. The van der Waals surface area contributed by atoms with Crippen LogP contribution in [0.2, 0.25) is 10.0 Å². The normalized spacial score (nSPS) is 19.0. The van der Waals surface area contributed by atoms with Crippen LogP contribution in [-0.2, 0) is 11.3 Å². The molecule has 0 aliphatic carbocycles. The highest BCUT2D eigenvalue weighted by molar-refractivity contribution is 6.43. The second kappa shape index (κ2) is 7.55. The second-order valence-corrected chi connectivity index (χ2v) is 8.09. The number of aromatic nitrogens is 2. The quantitative estimate of drug-likeness (QED) is 0.816. The van der Waals surface area contributed by atoms with Crippen LogP contribution in [-0.4, -0.2) is 40.4 Å². The van der Waals surface area contributed by atoms with E-state index >= 15 is 0 Å². The molecule has 0 atom stereocenters. The van der Waals surface area contributed by atoms with Gasteiger partial charge >= 0.3 is 0 Å². The average molecular weight is 408 g/mol. The Hall–Kier alpha value is -1.40. The molecular formula is C20H23Cl2N3O2. The van der Waals surface area contributed by atoms with E-state index in [1.807, 2.05) is 19.1 Å². The molecule has 2 aliphatic heterocycles. The summed E-state index contributed by atoms with van der Waals surface area (Å²) in [5.74, 6) is 0.754. The van der Waals surface area contributed by atoms with E-state index in [-0.39, 0.29) is 12.2 Å². The summed E-state index contributed by atoms with van der Waals surface area (Å²) in [7, 11) is 0. The largest absolute Gasteiger partial charge is 0.390 e. The van der Waals surface area contributed by atoms with E-state index in [2.05, 4.69) is 4.90 Å². The lowest BCUT2D eigenvalue weighted by Gasteiger charge is -2.39. The van der Waals surface area contributed by atoms with Gasteiger partial charge in [0.15, 0.2) is 5.82 Å². The zero-order chi connectivity index (χ0) is 19.0. The summed E-state index contributed by atoms with van der Waals surface area (Å²) in [6.07, 6.45) is 4.27. The lowest BCUT2D eigenvalue weighted by Crippen LogP contribution is -2.44. The lowest BCUT2D eigenvalue weighted by molar-refractivity contribution is -0.0147. The van der Waals surface area contributed by atoms with Crippen LogP contribution in [0.1, 0.15) is 37.1 Å². The van der Waals surface area contributed by atoms with Crippen molar-refractivity contribution >= 4 is 29.0 Å². The van der Waals surface area contributed by atoms with Crippen molar-refractivity contribution in [2.24, 2.45) is 0 Å². The minimum absolute atomic E-state index is 0.0482. The Morgan fingerprint density at radius 2 is 1.96 bits per heavy atom. The van der Waals surface area contributed by atoms with E-state index in [0.717, 1.165) is 62.5 Å². The zero-order valence-corrected chi connectivity index (χ0v) is 16.9. The van der Waals surface area contributed by atoms with Gasteiger partial charge in [0.2, 0.25) is 0 Å².